The van der Waals surface area contributed by atoms with Crippen LogP contribution >= 0.6 is 23.2 Å². The monoisotopic (exact) mass is 369 g/mol. The molecule has 0 atom stereocenters. The number of hydrogen-bond acceptors (Lipinski definition) is 3. The molecule has 0 fully saturated rings. The van der Waals surface area contributed by atoms with E-state index in [1.54, 1.807) is 10.9 Å². The molecule has 0 spiro atoms. The normalized spacial score (nSPS) is 13.3. The molecule has 0 bridgehead atoms. The fourth-order valence-corrected chi connectivity index (χ4v) is 4.41. The number of hydrogen-bond donors (Lipinski definition) is 0. The summed E-state index contributed by atoms with van der Waals surface area (Å²) in [7, 11) is -3.67. The number of halogens is 2. The quantitative estimate of drug-likeness (QED) is 0.693. The van der Waals surface area contributed by atoms with Crippen LogP contribution in [0.4, 0.5) is 0 Å². The van der Waals surface area contributed by atoms with Crippen molar-refractivity contribution in [2.75, 3.05) is 24.8 Å². The maximum atomic E-state index is 13.0. The Morgan fingerprint density at radius 1 is 1.23 bits per heavy atom. The fourth-order valence-electron chi connectivity index (χ4n) is 2.03. The highest BCUT2D eigenvalue weighted by Crippen LogP contribution is 2.30. The van der Waals surface area contributed by atoms with Gasteiger partial charge in [-0.2, -0.15) is 9.40 Å². The van der Waals surface area contributed by atoms with Gasteiger partial charge in [0, 0.05) is 42.5 Å². The van der Waals surface area contributed by atoms with Crippen molar-refractivity contribution in [2.45, 2.75) is 51.0 Å². The highest BCUT2D eigenvalue weighted by atomic mass is 35.5. The molecule has 0 N–H and O–H groups in total. The van der Waals surface area contributed by atoms with E-state index >= 15 is 0 Å². The van der Waals surface area contributed by atoms with E-state index in [0.29, 0.717) is 5.69 Å². The molecule has 0 aliphatic carbocycles. The zero-order chi connectivity index (χ0) is 17.1. The van der Waals surface area contributed by atoms with E-state index in [1.807, 2.05) is 34.6 Å². The van der Waals surface area contributed by atoms with Gasteiger partial charge < -0.3 is 0 Å². The third kappa shape index (κ3) is 4.37. The third-order valence-corrected chi connectivity index (χ3v) is 5.46. The Bertz CT molecular complexity index is 586. The summed E-state index contributed by atoms with van der Waals surface area (Å²) in [5, 5.41) is 4.49. The van der Waals surface area contributed by atoms with E-state index in [0.717, 1.165) is 0 Å². The lowest BCUT2D eigenvalue weighted by molar-refractivity contribution is 0.444. The molecule has 22 heavy (non-hydrogen) atoms. The molecule has 0 saturated carbocycles. The summed E-state index contributed by atoms with van der Waals surface area (Å²) in [6.07, 6.45) is 1.61. The van der Waals surface area contributed by atoms with Crippen molar-refractivity contribution in [1.29, 1.82) is 0 Å². The molecular formula is C14H25Cl2N3O2S. The largest absolute Gasteiger partial charge is 0.269 e. The topological polar surface area (TPSA) is 55.2 Å². The number of aromatic nitrogens is 2. The molecule has 128 valence electrons. The maximum Gasteiger partial charge on any atom is 0.246 e. The van der Waals surface area contributed by atoms with Gasteiger partial charge in [0.2, 0.25) is 10.0 Å². The van der Waals surface area contributed by atoms with Crippen molar-refractivity contribution in [3.05, 3.63) is 11.9 Å². The van der Waals surface area contributed by atoms with Gasteiger partial charge >= 0.3 is 0 Å². The Kier molecular flexibility index (Phi) is 6.74. The lowest BCUT2D eigenvalue weighted by Gasteiger charge is -2.23. The van der Waals surface area contributed by atoms with Gasteiger partial charge in [-0.1, -0.05) is 20.8 Å². The first-order valence-electron chi connectivity index (χ1n) is 7.27. The van der Waals surface area contributed by atoms with Gasteiger partial charge in [0.05, 0.1) is 5.69 Å². The van der Waals surface area contributed by atoms with Gasteiger partial charge in [0.1, 0.15) is 4.90 Å². The average molecular weight is 370 g/mol. The summed E-state index contributed by atoms with van der Waals surface area (Å²) in [6.45, 7) is 10.2. The fraction of sp³-hybridized carbons (Fsp3) is 0.786. The smallest absolute Gasteiger partial charge is 0.246 e. The molecule has 0 aromatic carbocycles. The summed E-state index contributed by atoms with van der Waals surface area (Å²) >= 11 is 11.5. The van der Waals surface area contributed by atoms with Crippen LogP contribution in [0, 0.1) is 0 Å². The summed E-state index contributed by atoms with van der Waals surface area (Å²) in [6, 6.07) is 0.0829. The average Bonchev–Trinajstić information content (AvgIpc) is 2.84. The molecular weight excluding hydrogens is 345 g/mol. The lowest BCUT2D eigenvalue weighted by atomic mass is 9.92. The minimum absolute atomic E-state index is 0.0829. The van der Waals surface area contributed by atoms with Crippen LogP contribution in [0.3, 0.4) is 0 Å². The molecule has 0 saturated heterocycles. The van der Waals surface area contributed by atoms with E-state index in [-0.39, 0.29) is 41.2 Å². The summed E-state index contributed by atoms with van der Waals surface area (Å²) < 4.78 is 29.0. The first-order valence-corrected chi connectivity index (χ1v) is 9.78. The van der Waals surface area contributed by atoms with Crippen LogP contribution in [-0.4, -0.2) is 47.4 Å². The molecule has 0 aliphatic heterocycles. The molecule has 1 aromatic rings. The molecule has 0 radical (unpaired) electrons. The molecule has 1 rings (SSSR count). The zero-order valence-electron chi connectivity index (χ0n) is 13.8. The minimum atomic E-state index is -3.67. The predicted molar refractivity (Wildman–Crippen MR) is 91.5 cm³/mol. The van der Waals surface area contributed by atoms with E-state index in [4.69, 9.17) is 23.2 Å². The summed E-state index contributed by atoms with van der Waals surface area (Å²) in [5.74, 6) is 0.443. The Balaban J connectivity index is 3.45. The van der Waals surface area contributed by atoms with Crippen LogP contribution in [-0.2, 0) is 15.4 Å². The van der Waals surface area contributed by atoms with E-state index < -0.39 is 10.0 Å². The molecule has 5 nitrogen and oxygen atoms in total. The van der Waals surface area contributed by atoms with Gasteiger partial charge in [0.15, 0.2) is 0 Å². The van der Waals surface area contributed by atoms with Crippen LogP contribution < -0.4 is 0 Å². The highest BCUT2D eigenvalue weighted by Gasteiger charge is 2.33. The van der Waals surface area contributed by atoms with Gasteiger partial charge in [-0.05, 0) is 13.8 Å². The molecule has 0 amide bonds. The SMILES string of the molecule is CC(C)n1cc(S(=O)(=O)N(CCCl)CCCl)c(C(C)(C)C)n1. The summed E-state index contributed by atoms with van der Waals surface area (Å²) in [4.78, 5) is 0.240. The molecule has 1 heterocycles. The van der Waals surface area contributed by atoms with Crippen LogP contribution in [0.5, 0.6) is 0 Å². The second-order valence-corrected chi connectivity index (χ2v) is 9.11. The van der Waals surface area contributed by atoms with Gasteiger partial charge in [-0.3, -0.25) is 4.68 Å². The van der Waals surface area contributed by atoms with Crippen LogP contribution in [0.2, 0.25) is 0 Å². The van der Waals surface area contributed by atoms with Crippen molar-refractivity contribution in [3.8, 4) is 0 Å². The second-order valence-electron chi connectivity index (χ2n) is 6.45. The number of sulfonamides is 1. The summed E-state index contributed by atoms with van der Waals surface area (Å²) in [5.41, 5.74) is 0.186. The first-order chi connectivity index (χ1) is 10.1. The van der Waals surface area contributed by atoms with E-state index in [2.05, 4.69) is 5.10 Å². The molecule has 8 heteroatoms. The number of alkyl halides is 2. The van der Waals surface area contributed by atoms with E-state index in [9.17, 15) is 8.42 Å². The Morgan fingerprint density at radius 3 is 2.09 bits per heavy atom. The number of nitrogens with zero attached hydrogens (tertiary/aromatic N) is 3. The van der Waals surface area contributed by atoms with Gasteiger partial charge in [0.25, 0.3) is 0 Å². The second kappa shape index (κ2) is 7.51. The molecule has 0 unspecified atom stereocenters. The van der Waals surface area contributed by atoms with Crippen molar-refractivity contribution in [1.82, 2.24) is 14.1 Å². The molecule has 1 aromatic heterocycles. The Morgan fingerprint density at radius 2 is 1.73 bits per heavy atom. The van der Waals surface area contributed by atoms with Crippen LogP contribution in [0.1, 0.15) is 46.4 Å². The Hall–Kier alpha value is -0.300. The predicted octanol–water partition coefficient (Wildman–Crippen LogP) is 3.23. The minimum Gasteiger partial charge on any atom is -0.269 e. The maximum absolute atomic E-state index is 13.0. The van der Waals surface area contributed by atoms with Crippen molar-refractivity contribution < 1.29 is 8.42 Å². The first kappa shape index (κ1) is 19.7. The van der Waals surface area contributed by atoms with Crippen LogP contribution in [0.15, 0.2) is 11.1 Å². The standard InChI is InChI=1S/C14H25Cl2N3O2S/c1-11(2)19-10-12(13(17-19)14(3,4)5)22(20,21)18(8-6-15)9-7-16/h10-11H,6-9H2,1-5H3. The molecule has 0 aliphatic rings. The zero-order valence-corrected chi connectivity index (χ0v) is 16.1. The van der Waals surface area contributed by atoms with Crippen molar-refractivity contribution in [3.63, 3.8) is 0 Å². The van der Waals surface area contributed by atoms with E-state index in [1.165, 1.54) is 4.31 Å². The van der Waals surface area contributed by atoms with Crippen molar-refractivity contribution in [2.24, 2.45) is 0 Å². The number of rotatable bonds is 7. The Labute approximate surface area is 143 Å². The van der Waals surface area contributed by atoms with Crippen LogP contribution in [0.25, 0.3) is 0 Å². The highest BCUT2D eigenvalue weighted by molar-refractivity contribution is 7.89. The van der Waals surface area contributed by atoms with Crippen molar-refractivity contribution >= 4 is 33.2 Å². The third-order valence-electron chi connectivity index (χ3n) is 3.22. The van der Waals surface area contributed by atoms with Gasteiger partial charge in [-0.15, -0.1) is 23.2 Å². The lowest BCUT2D eigenvalue weighted by Crippen LogP contribution is -2.35. The van der Waals surface area contributed by atoms with Gasteiger partial charge in [-0.25, -0.2) is 8.42 Å².